The number of fused-ring (bicyclic) bond motifs is 10. The van der Waals surface area contributed by atoms with E-state index in [-0.39, 0.29) is 11.3 Å². The molecule has 3 atom stereocenters. The Morgan fingerprint density at radius 1 is 1.09 bits per heavy atom. The minimum atomic E-state index is 0.164. The number of aromatic hydroxyl groups is 1. The first kappa shape index (κ1) is 26.5. The van der Waals surface area contributed by atoms with Gasteiger partial charge in [0.25, 0.3) is 0 Å². The van der Waals surface area contributed by atoms with E-state index < -0.39 is 0 Å². The normalized spacial score (nSPS) is 27.3. The quantitative estimate of drug-likeness (QED) is 0.437. The third-order valence-corrected chi connectivity index (χ3v) is 11.8. The Balaban J connectivity index is 1.15. The molecule has 0 spiro atoms. The summed E-state index contributed by atoms with van der Waals surface area (Å²) in [6.07, 6.45) is 8.37. The molecule has 9 rings (SSSR count). The van der Waals surface area contributed by atoms with Crippen LogP contribution in [0.1, 0.15) is 49.8 Å². The van der Waals surface area contributed by atoms with Gasteiger partial charge in [0.05, 0.1) is 40.2 Å². The number of likely N-dealkylation sites (N-methyl/N-ethyl adjacent to an activating group) is 1. The van der Waals surface area contributed by atoms with Crippen LogP contribution < -0.4 is 24.8 Å². The standard InChI is InChI=1S/C34H41ClN6O2/c1-38-19-29-26-8-7-22(36-26)17-41(29)31-24-9-14-39(28-16-23(42)15-21-5-2-6-25(35)30(21)28)18-27(24)37-33(32(31)38)43-20-34-10-3-12-40(34)13-4-11-34/h2,5-6,15-16,22,26,29,36,42H,3-4,7-14,17-20H2,1H3. The van der Waals surface area contributed by atoms with Gasteiger partial charge in [0.1, 0.15) is 18.0 Å². The van der Waals surface area contributed by atoms with Crippen molar-refractivity contribution in [3.63, 3.8) is 0 Å². The Hall–Kier alpha value is -2.94. The predicted octanol–water partition coefficient (Wildman–Crippen LogP) is 4.92. The lowest BCUT2D eigenvalue weighted by Gasteiger charge is -2.50. The molecule has 0 aliphatic carbocycles. The molecule has 3 aromatic rings. The molecule has 6 aliphatic rings. The van der Waals surface area contributed by atoms with Gasteiger partial charge in [-0.25, -0.2) is 4.98 Å². The minimum absolute atomic E-state index is 0.164. The van der Waals surface area contributed by atoms with Gasteiger partial charge in [0, 0.05) is 55.8 Å². The molecule has 0 amide bonds. The maximum absolute atomic E-state index is 10.7. The topological polar surface area (TPSA) is 67.3 Å². The Bertz CT molecular complexity index is 1600. The van der Waals surface area contributed by atoms with Crippen molar-refractivity contribution in [3.8, 4) is 11.6 Å². The number of benzene rings is 2. The van der Waals surface area contributed by atoms with E-state index in [1.54, 1.807) is 6.07 Å². The van der Waals surface area contributed by atoms with Crippen LogP contribution in [0.3, 0.4) is 0 Å². The number of hydrogen-bond acceptors (Lipinski definition) is 8. The zero-order valence-corrected chi connectivity index (χ0v) is 25.7. The number of nitrogens with zero attached hydrogens (tertiary/aromatic N) is 5. The molecule has 0 radical (unpaired) electrons. The van der Waals surface area contributed by atoms with Crippen LogP contribution in [0.25, 0.3) is 10.8 Å². The van der Waals surface area contributed by atoms with E-state index in [4.69, 9.17) is 21.3 Å². The molecule has 4 fully saturated rings. The highest BCUT2D eigenvalue weighted by Crippen LogP contribution is 2.50. The number of nitrogens with one attached hydrogen (secondary N) is 1. The van der Waals surface area contributed by atoms with E-state index in [0.717, 1.165) is 54.1 Å². The van der Waals surface area contributed by atoms with E-state index in [9.17, 15) is 5.11 Å². The zero-order valence-electron chi connectivity index (χ0n) is 25.0. The van der Waals surface area contributed by atoms with Crippen LogP contribution in [-0.4, -0.2) is 85.0 Å². The van der Waals surface area contributed by atoms with Gasteiger partial charge in [0.2, 0.25) is 5.88 Å². The number of anilines is 3. The van der Waals surface area contributed by atoms with Crippen molar-refractivity contribution in [1.29, 1.82) is 0 Å². The van der Waals surface area contributed by atoms with E-state index >= 15 is 0 Å². The largest absolute Gasteiger partial charge is 0.508 e. The summed E-state index contributed by atoms with van der Waals surface area (Å²) in [5.74, 6) is 1.06. The highest BCUT2D eigenvalue weighted by atomic mass is 35.5. The monoisotopic (exact) mass is 600 g/mol. The number of ether oxygens (including phenoxy) is 1. The molecule has 6 aliphatic heterocycles. The van der Waals surface area contributed by atoms with Crippen LogP contribution >= 0.6 is 11.6 Å². The van der Waals surface area contributed by atoms with Crippen LogP contribution in [-0.2, 0) is 13.0 Å². The fraction of sp³-hybridized carbons (Fsp3) is 0.559. The summed E-state index contributed by atoms with van der Waals surface area (Å²) >= 11 is 6.76. The lowest BCUT2D eigenvalue weighted by atomic mass is 9.93. The number of halogens is 1. The zero-order chi connectivity index (χ0) is 28.9. The van der Waals surface area contributed by atoms with E-state index in [1.807, 2.05) is 24.3 Å². The van der Waals surface area contributed by atoms with Crippen molar-refractivity contribution >= 4 is 39.4 Å². The maximum atomic E-state index is 10.7. The fourth-order valence-electron chi connectivity index (χ4n) is 9.48. The lowest BCUT2D eigenvalue weighted by molar-refractivity contribution is 0.111. The van der Waals surface area contributed by atoms with Crippen molar-refractivity contribution < 1.29 is 9.84 Å². The number of hydrogen-bond donors (Lipinski definition) is 2. The number of rotatable bonds is 4. The molecule has 3 unspecified atom stereocenters. The van der Waals surface area contributed by atoms with Gasteiger partial charge >= 0.3 is 0 Å². The molecule has 2 aromatic carbocycles. The first-order valence-corrected chi connectivity index (χ1v) is 16.7. The molecule has 1 aromatic heterocycles. The van der Waals surface area contributed by atoms with Gasteiger partial charge in [-0.2, -0.15) is 0 Å². The third-order valence-electron chi connectivity index (χ3n) is 11.5. The summed E-state index contributed by atoms with van der Waals surface area (Å²) in [7, 11) is 2.24. The van der Waals surface area contributed by atoms with Gasteiger partial charge in [0.15, 0.2) is 0 Å². The molecule has 2 N–H and O–H groups in total. The molecular weight excluding hydrogens is 560 g/mol. The third kappa shape index (κ3) is 4.05. The summed E-state index contributed by atoms with van der Waals surface area (Å²) in [6.45, 7) is 6.65. The van der Waals surface area contributed by atoms with Crippen LogP contribution in [0.4, 0.5) is 17.1 Å². The van der Waals surface area contributed by atoms with Crippen molar-refractivity contribution in [2.24, 2.45) is 0 Å². The number of pyridine rings is 1. The van der Waals surface area contributed by atoms with E-state index in [2.05, 4.69) is 32.0 Å². The molecule has 7 heterocycles. The van der Waals surface area contributed by atoms with Gasteiger partial charge < -0.3 is 29.9 Å². The summed E-state index contributed by atoms with van der Waals surface area (Å²) in [5, 5.41) is 17.2. The van der Waals surface area contributed by atoms with Crippen molar-refractivity contribution in [1.82, 2.24) is 15.2 Å². The van der Waals surface area contributed by atoms with Crippen LogP contribution in [0.5, 0.6) is 11.6 Å². The average Bonchev–Trinajstić information content (AvgIpc) is 3.70. The maximum Gasteiger partial charge on any atom is 0.240 e. The highest BCUT2D eigenvalue weighted by Gasteiger charge is 2.48. The van der Waals surface area contributed by atoms with Gasteiger partial charge in [-0.15, -0.1) is 0 Å². The summed E-state index contributed by atoms with van der Waals surface area (Å²) in [6, 6.07) is 11.1. The van der Waals surface area contributed by atoms with Crippen LogP contribution in [0.15, 0.2) is 30.3 Å². The molecule has 0 saturated carbocycles. The fourth-order valence-corrected chi connectivity index (χ4v) is 9.76. The smallest absolute Gasteiger partial charge is 0.240 e. The Morgan fingerprint density at radius 3 is 2.81 bits per heavy atom. The van der Waals surface area contributed by atoms with Crippen LogP contribution in [0, 0.1) is 0 Å². The minimum Gasteiger partial charge on any atom is -0.508 e. The highest BCUT2D eigenvalue weighted by molar-refractivity contribution is 6.36. The Labute approximate surface area is 258 Å². The molecule has 8 nitrogen and oxygen atoms in total. The first-order valence-electron chi connectivity index (χ1n) is 16.3. The SMILES string of the molecule is CN1CC2C3CCC(CN2c2c4c(nc(OCC56CCCN5CCC6)c21)CN(c1cc(O)cc2cccc(Cl)c12)CC4)N3. The molecule has 9 heteroatoms. The average molecular weight is 601 g/mol. The summed E-state index contributed by atoms with van der Waals surface area (Å²) in [4.78, 5) is 15.6. The van der Waals surface area contributed by atoms with Gasteiger partial charge in [-0.1, -0.05) is 23.7 Å². The van der Waals surface area contributed by atoms with E-state index in [1.165, 1.54) is 68.6 Å². The van der Waals surface area contributed by atoms with Crippen molar-refractivity contribution in [2.75, 3.05) is 61.1 Å². The second-order valence-electron chi connectivity index (χ2n) is 13.9. The number of aromatic nitrogens is 1. The Kier molecular flexibility index (Phi) is 6.02. The van der Waals surface area contributed by atoms with E-state index in [0.29, 0.717) is 36.3 Å². The van der Waals surface area contributed by atoms with Crippen LogP contribution in [0.2, 0.25) is 5.02 Å². The molecule has 2 bridgehead atoms. The summed E-state index contributed by atoms with van der Waals surface area (Å²) in [5.41, 5.74) is 6.15. The molecule has 4 saturated heterocycles. The van der Waals surface area contributed by atoms with Gasteiger partial charge in [-0.3, -0.25) is 4.90 Å². The Morgan fingerprint density at radius 2 is 1.95 bits per heavy atom. The first-order chi connectivity index (χ1) is 21.0. The predicted molar refractivity (Wildman–Crippen MR) is 172 cm³/mol. The van der Waals surface area contributed by atoms with Crippen molar-refractivity contribution in [2.45, 2.75) is 75.2 Å². The van der Waals surface area contributed by atoms with Crippen molar-refractivity contribution in [3.05, 3.63) is 46.6 Å². The number of phenols is 1. The summed E-state index contributed by atoms with van der Waals surface area (Å²) < 4.78 is 6.91. The molecule has 43 heavy (non-hydrogen) atoms. The number of phenolic OH excluding ortho intramolecular Hbond substituents is 1. The molecule has 226 valence electrons. The second-order valence-corrected chi connectivity index (χ2v) is 14.3. The van der Waals surface area contributed by atoms with Gasteiger partial charge in [-0.05, 0) is 75.6 Å². The molecular formula is C34H41ClN6O2. The lowest BCUT2D eigenvalue weighted by Crippen LogP contribution is -2.63. The second kappa shape index (κ2) is 9.78. The number of piperazine rings is 1.